The van der Waals surface area contributed by atoms with E-state index in [2.05, 4.69) is 14.1 Å². The molecule has 0 spiro atoms. The number of hydrogen-bond donors (Lipinski definition) is 1. The van der Waals surface area contributed by atoms with Gasteiger partial charge in [0.15, 0.2) is 0 Å². The van der Waals surface area contributed by atoms with Gasteiger partial charge in [-0.1, -0.05) is 0 Å². The average molecular weight is 115 g/mol. The fourth-order valence-electron chi connectivity index (χ4n) is 0.923. The highest BCUT2D eigenvalue weighted by molar-refractivity contribution is 4.59. The molecule has 1 heterocycles. The van der Waals surface area contributed by atoms with Crippen LogP contribution in [0.2, 0.25) is 0 Å². The molecule has 0 aliphatic carbocycles. The summed E-state index contributed by atoms with van der Waals surface area (Å²) in [7, 11) is 5.93. The van der Waals surface area contributed by atoms with Crippen LogP contribution in [0.4, 0.5) is 0 Å². The van der Waals surface area contributed by atoms with Crippen molar-refractivity contribution in [1.29, 1.82) is 0 Å². The fourth-order valence-corrected chi connectivity index (χ4v) is 0.923. The number of rotatable bonds is 1. The summed E-state index contributed by atoms with van der Waals surface area (Å²) in [5.74, 6) is 0. The minimum atomic E-state index is 0.648. The maximum Gasteiger partial charge on any atom is 0.0964 e. The number of nitrogens with one attached hydrogen (secondary N) is 1. The highest BCUT2D eigenvalue weighted by Crippen LogP contribution is 1.98. The first-order valence-electron chi connectivity index (χ1n) is 3.04. The van der Waals surface area contributed by atoms with Crippen LogP contribution in [0.1, 0.15) is 6.42 Å². The molecule has 1 aliphatic rings. The van der Waals surface area contributed by atoms with Crippen molar-refractivity contribution in [1.82, 2.24) is 0 Å². The zero-order chi connectivity index (χ0) is 5.98. The predicted octanol–water partition coefficient (Wildman–Crippen LogP) is -0.918. The standard InChI is InChI=1S/C6H13NO/c1-7(2)6-3-4-8-5-6/h6-7H,1,3-5H2,2H3. The number of ether oxygens (including phenoxy) is 1. The summed E-state index contributed by atoms with van der Waals surface area (Å²) in [6.07, 6.45) is 1.18. The smallest absolute Gasteiger partial charge is 0.0964 e. The normalized spacial score (nSPS) is 33.0. The van der Waals surface area contributed by atoms with Crippen molar-refractivity contribution in [2.75, 3.05) is 20.3 Å². The SMILES string of the molecule is [CH2-][NH+](C)C1CCOC1. The van der Waals surface area contributed by atoms with Crippen LogP contribution in [0.3, 0.4) is 0 Å². The number of hydrogen-bond acceptors (Lipinski definition) is 1. The van der Waals surface area contributed by atoms with Crippen molar-refractivity contribution in [3.05, 3.63) is 7.05 Å². The Morgan fingerprint density at radius 1 is 1.75 bits per heavy atom. The first-order chi connectivity index (χ1) is 3.80. The van der Waals surface area contributed by atoms with Crippen LogP contribution >= 0.6 is 0 Å². The van der Waals surface area contributed by atoms with E-state index in [1.165, 1.54) is 11.3 Å². The summed E-state index contributed by atoms with van der Waals surface area (Å²) < 4.78 is 5.16. The quantitative estimate of drug-likeness (QED) is 0.436. The van der Waals surface area contributed by atoms with Gasteiger partial charge in [-0.25, -0.2) is 0 Å². The Morgan fingerprint density at radius 2 is 2.50 bits per heavy atom. The Kier molecular flexibility index (Phi) is 1.86. The predicted molar refractivity (Wildman–Crippen MR) is 31.5 cm³/mol. The summed E-state index contributed by atoms with van der Waals surface area (Å²) in [6, 6.07) is 0.648. The molecule has 1 fully saturated rings. The minimum absolute atomic E-state index is 0.648. The molecule has 1 aliphatic heterocycles. The third kappa shape index (κ3) is 1.20. The van der Waals surface area contributed by atoms with Crippen molar-refractivity contribution in [2.45, 2.75) is 12.5 Å². The minimum Gasteiger partial charge on any atom is -0.466 e. The average Bonchev–Trinajstić information content (AvgIpc) is 2.12. The molecule has 0 aromatic heterocycles. The fraction of sp³-hybridized carbons (Fsp3) is 0.833. The summed E-state index contributed by atoms with van der Waals surface area (Å²) in [6.45, 7) is 1.83. The van der Waals surface area contributed by atoms with Crippen LogP contribution in [-0.2, 0) is 4.74 Å². The Morgan fingerprint density at radius 3 is 2.75 bits per heavy atom. The van der Waals surface area contributed by atoms with Gasteiger partial charge in [0, 0.05) is 13.5 Å². The van der Waals surface area contributed by atoms with Crippen LogP contribution in [0.15, 0.2) is 0 Å². The van der Waals surface area contributed by atoms with Crippen molar-refractivity contribution in [3.63, 3.8) is 0 Å². The molecule has 2 heteroatoms. The molecule has 0 aromatic rings. The van der Waals surface area contributed by atoms with Gasteiger partial charge in [0.2, 0.25) is 0 Å². The second-order valence-corrected chi connectivity index (χ2v) is 2.41. The second kappa shape index (κ2) is 2.46. The lowest BCUT2D eigenvalue weighted by Gasteiger charge is -2.20. The maximum absolute atomic E-state index is 5.16. The van der Waals surface area contributed by atoms with Gasteiger partial charge < -0.3 is 9.64 Å². The molecule has 1 N–H and O–H groups in total. The lowest BCUT2D eigenvalue weighted by molar-refractivity contribution is -0.858. The van der Waals surface area contributed by atoms with Gasteiger partial charge in [-0.05, 0) is 0 Å². The van der Waals surface area contributed by atoms with Gasteiger partial charge in [0.1, 0.15) is 0 Å². The largest absolute Gasteiger partial charge is 0.466 e. The Bertz CT molecular complexity index is 66.9. The van der Waals surface area contributed by atoms with Crippen LogP contribution in [-0.4, -0.2) is 26.3 Å². The van der Waals surface area contributed by atoms with Gasteiger partial charge in [0.25, 0.3) is 0 Å². The van der Waals surface area contributed by atoms with E-state index in [9.17, 15) is 0 Å². The third-order valence-electron chi connectivity index (χ3n) is 1.63. The van der Waals surface area contributed by atoms with Crippen molar-refractivity contribution in [2.24, 2.45) is 0 Å². The van der Waals surface area contributed by atoms with Crippen LogP contribution in [0, 0.1) is 7.05 Å². The Labute approximate surface area is 50.4 Å². The van der Waals surface area contributed by atoms with Crippen molar-refractivity contribution < 1.29 is 9.64 Å². The molecular weight excluding hydrogens is 102 g/mol. The second-order valence-electron chi connectivity index (χ2n) is 2.41. The highest BCUT2D eigenvalue weighted by Gasteiger charge is 2.17. The molecule has 2 atom stereocenters. The topological polar surface area (TPSA) is 13.7 Å². The van der Waals surface area contributed by atoms with Crippen molar-refractivity contribution in [3.8, 4) is 0 Å². The van der Waals surface area contributed by atoms with Gasteiger partial charge in [-0.3, -0.25) is 0 Å². The zero-order valence-electron chi connectivity index (χ0n) is 5.31. The molecular formula is C6H13NO. The first kappa shape index (κ1) is 6.05. The maximum atomic E-state index is 5.16. The molecule has 8 heavy (non-hydrogen) atoms. The van der Waals surface area contributed by atoms with Crippen LogP contribution in [0.5, 0.6) is 0 Å². The summed E-state index contributed by atoms with van der Waals surface area (Å²) in [5, 5.41) is 0. The first-order valence-corrected chi connectivity index (χ1v) is 3.04. The zero-order valence-corrected chi connectivity index (χ0v) is 5.31. The molecule has 2 unspecified atom stereocenters. The van der Waals surface area contributed by atoms with E-state index in [1.54, 1.807) is 0 Å². The molecule has 0 bridgehead atoms. The van der Waals surface area contributed by atoms with Gasteiger partial charge in [-0.15, -0.1) is 0 Å². The Hall–Kier alpha value is -0.0800. The molecule has 1 rings (SSSR count). The van der Waals surface area contributed by atoms with E-state index in [4.69, 9.17) is 4.74 Å². The lowest BCUT2D eigenvalue weighted by atomic mass is 10.2. The Balaban J connectivity index is 2.24. The lowest BCUT2D eigenvalue weighted by Crippen LogP contribution is -3.08. The molecule has 2 nitrogen and oxygen atoms in total. The summed E-state index contributed by atoms with van der Waals surface area (Å²) >= 11 is 0. The number of quaternary nitrogens is 1. The van der Waals surface area contributed by atoms with Gasteiger partial charge >= 0.3 is 0 Å². The molecule has 0 aromatic carbocycles. The van der Waals surface area contributed by atoms with Crippen molar-refractivity contribution >= 4 is 0 Å². The highest BCUT2D eigenvalue weighted by atomic mass is 16.5. The van der Waals surface area contributed by atoms with E-state index in [1.807, 2.05) is 0 Å². The van der Waals surface area contributed by atoms with Crippen LogP contribution in [0.25, 0.3) is 0 Å². The summed E-state index contributed by atoms with van der Waals surface area (Å²) in [4.78, 5) is 1.27. The van der Waals surface area contributed by atoms with E-state index in [0.29, 0.717) is 6.04 Å². The van der Waals surface area contributed by atoms with E-state index >= 15 is 0 Å². The summed E-state index contributed by atoms with van der Waals surface area (Å²) in [5.41, 5.74) is 0. The van der Waals surface area contributed by atoms with E-state index < -0.39 is 0 Å². The third-order valence-corrected chi connectivity index (χ3v) is 1.63. The van der Waals surface area contributed by atoms with Crippen LogP contribution < -0.4 is 4.90 Å². The molecule has 0 saturated carbocycles. The molecule has 0 amide bonds. The van der Waals surface area contributed by atoms with E-state index in [0.717, 1.165) is 13.2 Å². The van der Waals surface area contributed by atoms with Gasteiger partial charge in [-0.2, -0.15) is 7.05 Å². The number of likely N-dealkylation sites (N-methyl/N-ethyl adjacent to an activating group) is 1. The molecule has 48 valence electrons. The van der Waals surface area contributed by atoms with Gasteiger partial charge in [0.05, 0.1) is 19.3 Å². The molecule has 0 radical (unpaired) electrons. The van der Waals surface area contributed by atoms with E-state index in [-0.39, 0.29) is 0 Å². The monoisotopic (exact) mass is 115 g/mol. The molecule has 1 saturated heterocycles.